The van der Waals surface area contributed by atoms with E-state index in [1.807, 2.05) is 31.2 Å². The number of esters is 1. The summed E-state index contributed by atoms with van der Waals surface area (Å²) < 4.78 is 8.51. The molecule has 1 aromatic heterocycles. The van der Waals surface area contributed by atoms with Crippen molar-refractivity contribution in [2.45, 2.75) is 123 Å². The second kappa shape index (κ2) is 17.5. The minimum absolute atomic E-state index is 0.0573. The number of hydrazine groups is 1. The van der Waals surface area contributed by atoms with Crippen LogP contribution in [0.3, 0.4) is 0 Å². The zero-order valence-electron chi connectivity index (χ0n) is 37.2. The number of aliphatic hydroxyl groups is 1. The highest BCUT2D eigenvalue weighted by atomic mass is 16.5. The molecule has 1 saturated carbocycles. The highest BCUT2D eigenvalue weighted by Crippen LogP contribution is 2.43. The maximum Gasteiger partial charge on any atom is 0.324 e. The standard InChI is InChI=1S/C51H66N6O5/c1-5-56-44-20-19-37-28-40(44)41(46(56)39-17-9-8-16-38(39)33(2)58)29-50(3,4)32-62-49(61)42-18-11-24-57(54-42)48(60)43(27-34-12-10-15-36(37)26-34)53-47(59)45(35-13-6-7-14-35)55-25-22-51(31-55)21-23-52-30-51/h8-10,12,15-17,19-20,26,28,33,35,42-43,45,52,54,58H,5-7,11,13-14,18,21-25,27,29-32H2,1-4H3,(H,53,59)/t33-,42-,43-,45-,51-/m0/s1. The minimum atomic E-state index is -0.837. The average molecular weight is 843 g/mol. The molecule has 6 bridgehead atoms. The molecule has 1 aliphatic carbocycles. The number of aromatic nitrogens is 1. The minimum Gasteiger partial charge on any atom is -0.464 e. The summed E-state index contributed by atoms with van der Waals surface area (Å²) in [5.41, 5.74) is 11.2. The molecule has 3 saturated heterocycles. The third-order valence-electron chi connectivity index (χ3n) is 14.8. The van der Waals surface area contributed by atoms with Gasteiger partial charge in [0.2, 0.25) is 5.91 Å². The number of cyclic esters (lactones) is 1. The van der Waals surface area contributed by atoms with Crippen LogP contribution in [0.15, 0.2) is 66.7 Å². The van der Waals surface area contributed by atoms with Crippen LogP contribution in [0.5, 0.6) is 0 Å². The maximum atomic E-state index is 14.8. The molecule has 4 N–H and O–H groups in total. The van der Waals surface area contributed by atoms with Gasteiger partial charge in [-0.15, -0.1) is 0 Å². The number of rotatable bonds is 7. The molecule has 11 heteroatoms. The van der Waals surface area contributed by atoms with Gasteiger partial charge >= 0.3 is 5.97 Å². The number of nitrogens with zero attached hydrogens (tertiary/aromatic N) is 3. The van der Waals surface area contributed by atoms with E-state index in [4.69, 9.17) is 4.74 Å². The Morgan fingerprint density at radius 1 is 0.968 bits per heavy atom. The molecule has 5 heterocycles. The van der Waals surface area contributed by atoms with Gasteiger partial charge in [-0.1, -0.05) is 81.3 Å². The fourth-order valence-electron chi connectivity index (χ4n) is 11.6. The summed E-state index contributed by atoms with van der Waals surface area (Å²) in [5.74, 6) is -0.411. The Kier molecular flexibility index (Phi) is 12.1. The SMILES string of the molecule is CCn1c(-c2ccccc2[C@H](C)O)c2c3cc(ccc31)-c1cccc(c1)C[C@H](NC(=O)[C@H](C1CCCC1)N1CC[C@]3(CCNC3)C1)C(=O)N1CCC[C@H](N1)C(=O)OCC(C)(C)C2. The van der Waals surface area contributed by atoms with Gasteiger partial charge in [0.05, 0.1) is 24.4 Å². The van der Waals surface area contributed by atoms with Crippen molar-refractivity contribution in [3.63, 3.8) is 0 Å². The largest absolute Gasteiger partial charge is 0.464 e. The van der Waals surface area contributed by atoms with Crippen molar-refractivity contribution in [2.75, 3.05) is 39.3 Å². The lowest BCUT2D eigenvalue weighted by atomic mass is 9.83. The van der Waals surface area contributed by atoms with Gasteiger partial charge < -0.3 is 25.0 Å². The summed E-state index contributed by atoms with van der Waals surface area (Å²) in [7, 11) is 0. The third kappa shape index (κ3) is 8.45. The number of benzene rings is 3. The maximum absolute atomic E-state index is 14.8. The zero-order valence-corrected chi connectivity index (χ0v) is 37.2. The topological polar surface area (TPSA) is 128 Å². The number of aryl methyl sites for hydroxylation is 1. The van der Waals surface area contributed by atoms with E-state index in [-0.39, 0.29) is 41.8 Å². The Bertz CT molecular complexity index is 2300. The lowest BCUT2D eigenvalue weighted by Gasteiger charge is -2.37. The Morgan fingerprint density at radius 2 is 1.77 bits per heavy atom. The molecule has 1 spiro atoms. The van der Waals surface area contributed by atoms with E-state index < -0.39 is 23.6 Å². The van der Waals surface area contributed by atoms with E-state index in [0.29, 0.717) is 32.2 Å². The number of hydrogen-bond donors (Lipinski definition) is 4. The van der Waals surface area contributed by atoms with Crippen molar-refractivity contribution in [3.05, 3.63) is 83.4 Å². The number of amides is 2. The predicted molar refractivity (Wildman–Crippen MR) is 243 cm³/mol. The van der Waals surface area contributed by atoms with E-state index in [2.05, 4.69) is 88.8 Å². The van der Waals surface area contributed by atoms with Gasteiger partial charge in [-0.05, 0) is 123 Å². The molecule has 5 aliphatic rings. The molecule has 4 aromatic rings. The molecular formula is C51H66N6O5. The molecule has 5 atom stereocenters. The van der Waals surface area contributed by atoms with Crippen LogP contribution in [-0.2, 0) is 38.5 Å². The number of ether oxygens (including phenoxy) is 1. The molecule has 11 nitrogen and oxygen atoms in total. The second-order valence-corrected chi connectivity index (χ2v) is 19.9. The van der Waals surface area contributed by atoms with Crippen molar-refractivity contribution in [1.29, 1.82) is 0 Å². The summed E-state index contributed by atoms with van der Waals surface area (Å²) >= 11 is 0. The molecule has 4 fully saturated rings. The molecule has 3 aromatic carbocycles. The quantitative estimate of drug-likeness (QED) is 0.148. The smallest absolute Gasteiger partial charge is 0.324 e. The van der Waals surface area contributed by atoms with Crippen molar-refractivity contribution in [2.24, 2.45) is 16.7 Å². The Balaban J connectivity index is 1.12. The number of carbonyl (C=O) groups excluding carboxylic acids is 3. The summed E-state index contributed by atoms with van der Waals surface area (Å²) in [6, 6.07) is 21.3. The molecule has 0 radical (unpaired) electrons. The lowest BCUT2D eigenvalue weighted by molar-refractivity contribution is -0.155. The summed E-state index contributed by atoms with van der Waals surface area (Å²) in [6.45, 7) is 13.4. The van der Waals surface area contributed by atoms with Crippen LogP contribution < -0.4 is 16.1 Å². The van der Waals surface area contributed by atoms with Gasteiger partial charge in [-0.25, -0.2) is 5.43 Å². The molecule has 330 valence electrons. The highest BCUT2D eigenvalue weighted by molar-refractivity contribution is 5.96. The molecular weight excluding hydrogens is 777 g/mol. The highest BCUT2D eigenvalue weighted by Gasteiger charge is 2.47. The van der Waals surface area contributed by atoms with Gasteiger partial charge in [0.15, 0.2) is 0 Å². The number of nitrogens with one attached hydrogen (secondary N) is 3. The van der Waals surface area contributed by atoms with E-state index >= 15 is 0 Å². The van der Waals surface area contributed by atoms with E-state index in [0.717, 1.165) is 121 Å². The number of aliphatic hydroxyl groups excluding tert-OH is 1. The monoisotopic (exact) mass is 843 g/mol. The number of hydrogen-bond acceptors (Lipinski definition) is 8. The molecule has 2 amide bonds. The summed E-state index contributed by atoms with van der Waals surface area (Å²) in [6.07, 6.45) is 7.99. The van der Waals surface area contributed by atoms with Crippen LogP contribution in [0, 0.1) is 16.7 Å². The summed E-state index contributed by atoms with van der Waals surface area (Å²) in [4.78, 5) is 46.0. The van der Waals surface area contributed by atoms with Crippen molar-refractivity contribution in [1.82, 2.24) is 30.5 Å². The van der Waals surface area contributed by atoms with E-state index in [1.54, 1.807) is 5.01 Å². The molecule has 62 heavy (non-hydrogen) atoms. The Morgan fingerprint density at radius 3 is 2.55 bits per heavy atom. The lowest BCUT2D eigenvalue weighted by Crippen LogP contribution is -2.62. The van der Waals surface area contributed by atoms with Crippen molar-refractivity contribution in [3.8, 4) is 22.4 Å². The van der Waals surface area contributed by atoms with Gasteiger partial charge in [-0.2, -0.15) is 0 Å². The first kappa shape index (κ1) is 42.7. The van der Waals surface area contributed by atoms with Crippen LogP contribution in [0.25, 0.3) is 33.3 Å². The van der Waals surface area contributed by atoms with Crippen molar-refractivity contribution < 1.29 is 24.2 Å². The first-order valence-electron chi connectivity index (χ1n) is 23.4. The normalized spacial score (nSPS) is 25.9. The van der Waals surface area contributed by atoms with Gasteiger partial charge in [0.1, 0.15) is 12.1 Å². The van der Waals surface area contributed by atoms with Crippen LogP contribution in [0.4, 0.5) is 0 Å². The number of likely N-dealkylation sites (tertiary alicyclic amines) is 1. The van der Waals surface area contributed by atoms with Crippen LogP contribution in [0.1, 0.15) is 102 Å². The van der Waals surface area contributed by atoms with Gasteiger partial charge in [0, 0.05) is 54.5 Å². The van der Waals surface area contributed by atoms with Crippen LogP contribution in [0.2, 0.25) is 0 Å². The van der Waals surface area contributed by atoms with E-state index in [9.17, 15) is 19.5 Å². The molecule has 4 aliphatic heterocycles. The summed E-state index contributed by atoms with van der Waals surface area (Å²) in [5, 5.41) is 20.6. The molecule has 0 unspecified atom stereocenters. The third-order valence-corrected chi connectivity index (χ3v) is 14.8. The first-order valence-corrected chi connectivity index (χ1v) is 23.4. The fraction of sp³-hybridized carbons (Fsp3) is 0.549. The van der Waals surface area contributed by atoms with Crippen LogP contribution >= 0.6 is 0 Å². The Labute approximate surface area is 366 Å². The number of carbonyl (C=O) groups is 3. The van der Waals surface area contributed by atoms with Gasteiger partial charge in [-0.3, -0.25) is 24.3 Å². The second-order valence-electron chi connectivity index (χ2n) is 19.9. The zero-order chi connectivity index (χ0) is 43.2. The van der Waals surface area contributed by atoms with Crippen LogP contribution in [-0.4, -0.2) is 94.8 Å². The molecule has 9 rings (SSSR count). The van der Waals surface area contributed by atoms with Gasteiger partial charge in [0.25, 0.3) is 5.91 Å². The van der Waals surface area contributed by atoms with E-state index in [1.165, 1.54) is 0 Å². The van der Waals surface area contributed by atoms with Crippen molar-refractivity contribution >= 4 is 28.7 Å². The predicted octanol–water partition coefficient (Wildman–Crippen LogP) is 6.94. The number of fused-ring (bicyclic) bond motifs is 6. The fourth-order valence-corrected chi connectivity index (χ4v) is 11.6. The first-order chi connectivity index (χ1) is 29.9. The Hall–Kier alpha value is -4.55. The average Bonchev–Trinajstić information content (AvgIpc) is 4.11.